The molecule has 1 atom stereocenters. The van der Waals surface area contributed by atoms with Gasteiger partial charge in [0.15, 0.2) is 9.84 Å². The van der Waals surface area contributed by atoms with Gasteiger partial charge in [-0.1, -0.05) is 0 Å². The van der Waals surface area contributed by atoms with E-state index in [2.05, 4.69) is 14.8 Å². The number of esters is 1. The summed E-state index contributed by atoms with van der Waals surface area (Å²) < 4.78 is 56.7. The van der Waals surface area contributed by atoms with Gasteiger partial charge >= 0.3 is 18.3 Å². The molecule has 25 heavy (non-hydrogen) atoms. The Kier molecular flexibility index (Phi) is 5.40. The van der Waals surface area contributed by atoms with Crippen molar-refractivity contribution in [2.24, 2.45) is 0 Å². The molecule has 1 aromatic rings. The average molecular weight is 380 g/mol. The van der Waals surface area contributed by atoms with Gasteiger partial charge in [-0.2, -0.15) is 8.78 Å². The predicted octanol–water partition coefficient (Wildman–Crippen LogP) is 1.58. The van der Waals surface area contributed by atoms with E-state index in [0.717, 1.165) is 19.2 Å². The summed E-state index contributed by atoms with van der Waals surface area (Å²) >= 11 is 0. The summed E-state index contributed by atoms with van der Waals surface area (Å²) in [5.74, 6) is -1.74. The van der Waals surface area contributed by atoms with E-state index in [0.29, 0.717) is 6.42 Å². The number of benzene rings is 1. The van der Waals surface area contributed by atoms with E-state index in [1.54, 1.807) is 0 Å². The highest BCUT2D eigenvalue weighted by Crippen LogP contribution is 2.38. The molecule has 1 heterocycles. The summed E-state index contributed by atoms with van der Waals surface area (Å²) in [6, 6.07) is 1.79. The van der Waals surface area contributed by atoms with Gasteiger partial charge < -0.3 is 14.8 Å². The number of nitro groups is 1. The van der Waals surface area contributed by atoms with Crippen molar-refractivity contribution < 1.29 is 36.4 Å². The summed E-state index contributed by atoms with van der Waals surface area (Å²) in [6.45, 7) is -3.52. The Balaban J connectivity index is 2.42. The van der Waals surface area contributed by atoms with Crippen LogP contribution >= 0.6 is 0 Å². The Bertz CT molecular complexity index is 798. The number of alkyl halides is 2. The number of nitro benzene ring substituents is 1. The first kappa shape index (κ1) is 18.8. The fourth-order valence-electron chi connectivity index (χ4n) is 2.28. The van der Waals surface area contributed by atoms with E-state index >= 15 is 0 Å². The highest BCUT2D eigenvalue weighted by Gasteiger charge is 2.36. The molecule has 1 aromatic carbocycles. The van der Waals surface area contributed by atoms with Crippen LogP contribution in [0.3, 0.4) is 0 Å². The number of hydrogen-bond acceptors (Lipinski definition) is 8. The number of carbonyl (C=O) groups is 1. The summed E-state index contributed by atoms with van der Waals surface area (Å²) in [7, 11) is -2.21. The lowest BCUT2D eigenvalue weighted by Crippen LogP contribution is -2.41. The minimum atomic E-state index is -3.36. The molecule has 2 rings (SSSR count). The van der Waals surface area contributed by atoms with Crippen LogP contribution in [0.25, 0.3) is 0 Å². The number of hydrogen-bond donors (Lipinski definition) is 1. The van der Waals surface area contributed by atoms with Gasteiger partial charge in [-0.15, -0.1) is 0 Å². The summed E-state index contributed by atoms with van der Waals surface area (Å²) in [5, 5.41) is 13.0. The monoisotopic (exact) mass is 380 g/mol. The first-order valence-electron chi connectivity index (χ1n) is 6.96. The number of ether oxygens (including phenoxy) is 2. The number of nitrogens with one attached hydrogen (secondary N) is 1. The van der Waals surface area contributed by atoms with Gasteiger partial charge in [-0.05, 0) is 12.5 Å². The standard InChI is InChI=1S/C13H14F2N2O7S/c1-23-12(18)7-4-9(16-6-8-2-3-25(8,21)22)11(17(19)20)10(5-7)24-13(14)15/h4-5,8,13,16H,2-3,6H2,1H3/t8-/m0/s1. The van der Waals surface area contributed by atoms with E-state index in [-0.39, 0.29) is 23.5 Å². The van der Waals surface area contributed by atoms with E-state index < -0.39 is 44.0 Å². The van der Waals surface area contributed by atoms with Gasteiger partial charge in [0.1, 0.15) is 5.69 Å². The molecule has 1 aliphatic heterocycles. The minimum Gasteiger partial charge on any atom is -0.465 e. The average Bonchev–Trinajstić information content (AvgIpc) is 2.51. The molecule has 1 fully saturated rings. The van der Waals surface area contributed by atoms with E-state index in [4.69, 9.17) is 0 Å². The maximum atomic E-state index is 12.5. The molecule has 0 spiro atoms. The number of nitrogens with zero attached hydrogens (tertiary/aromatic N) is 1. The van der Waals surface area contributed by atoms with Crippen LogP contribution in [0.1, 0.15) is 16.8 Å². The Morgan fingerprint density at radius 1 is 1.48 bits per heavy atom. The van der Waals surface area contributed by atoms with Crippen molar-refractivity contribution in [1.82, 2.24) is 0 Å². The van der Waals surface area contributed by atoms with Crippen molar-refractivity contribution in [2.75, 3.05) is 24.7 Å². The highest BCUT2D eigenvalue weighted by atomic mass is 32.2. The zero-order valence-electron chi connectivity index (χ0n) is 12.9. The smallest absolute Gasteiger partial charge is 0.387 e. The van der Waals surface area contributed by atoms with Crippen molar-refractivity contribution >= 4 is 27.2 Å². The number of sulfone groups is 1. The molecule has 1 aliphatic rings. The second kappa shape index (κ2) is 7.17. The van der Waals surface area contributed by atoms with Crippen molar-refractivity contribution in [3.8, 4) is 5.75 Å². The van der Waals surface area contributed by atoms with Crippen LogP contribution in [0.4, 0.5) is 20.2 Å². The molecule has 12 heteroatoms. The highest BCUT2D eigenvalue weighted by molar-refractivity contribution is 7.93. The first-order chi connectivity index (χ1) is 11.7. The molecule has 138 valence electrons. The minimum absolute atomic E-state index is 0.0172. The van der Waals surface area contributed by atoms with Gasteiger partial charge in [-0.25, -0.2) is 13.2 Å². The second-order valence-corrected chi connectivity index (χ2v) is 7.56. The summed E-state index contributed by atoms with van der Waals surface area (Å²) in [5.41, 5.74) is -1.40. The van der Waals surface area contributed by atoms with Crippen molar-refractivity contribution in [3.63, 3.8) is 0 Å². The van der Waals surface area contributed by atoms with Gasteiger partial charge in [0.25, 0.3) is 0 Å². The zero-order chi connectivity index (χ0) is 18.8. The fraction of sp³-hybridized carbons (Fsp3) is 0.462. The Morgan fingerprint density at radius 2 is 2.16 bits per heavy atom. The molecular weight excluding hydrogens is 366 g/mol. The number of methoxy groups -OCH3 is 1. The molecule has 0 aliphatic carbocycles. The van der Waals surface area contributed by atoms with Crippen LogP contribution in [0.15, 0.2) is 12.1 Å². The molecule has 9 nitrogen and oxygen atoms in total. The van der Waals surface area contributed by atoms with Gasteiger partial charge in [0, 0.05) is 12.6 Å². The Morgan fingerprint density at radius 3 is 2.60 bits per heavy atom. The maximum Gasteiger partial charge on any atom is 0.387 e. The number of halogens is 2. The van der Waals surface area contributed by atoms with Gasteiger partial charge in [0.2, 0.25) is 5.75 Å². The third kappa shape index (κ3) is 4.13. The number of carbonyl (C=O) groups excluding carboxylic acids is 1. The van der Waals surface area contributed by atoms with E-state index in [1.165, 1.54) is 0 Å². The SMILES string of the molecule is COC(=O)c1cc(NC[C@@H]2CCS2(=O)=O)c([N+](=O)[O-])c(OC(F)F)c1. The molecule has 0 unspecified atom stereocenters. The third-order valence-electron chi connectivity index (χ3n) is 3.65. The Labute approximate surface area is 141 Å². The molecule has 0 radical (unpaired) electrons. The quantitative estimate of drug-likeness (QED) is 0.429. The topological polar surface area (TPSA) is 125 Å². The van der Waals surface area contributed by atoms with Crippen LogP contribution in [-0.4, -0.2) is 50.6 Å². The van der Waals surface area contributed by atoms with Crippen LogP contribution in [0.2, 0.25) is 0 Å². The van der Waals surface area contributed by atoms with E-state index in [1.807, 2.05) is 0 Å². The van der Waals surface area contributed by atoms with Crippen molar-refractivity contribution in [1.29, 1.82) is 0 Å². The Hall–Kier alpha value is -2.50. The summed E-state index contributed by atoms with van der Waals surface area (Å²) in [4.78, 5) is 21.9. The lowest BCUT2D eigenvalue weighted by atomic mass is 10.1. The molecule has 0 saturated carbocycles. The first-order valence-corrected chi connectivity index (χ1v) is 8.68. The lowest BCUT2D eigenvalue weighted by molar-refractivity contribution is -0.385. The molecule has 1 saturated heterocycles. The fourth-order valence-corrected chi connectivity index (χ4v) is 3.57. The second-order valence-electron chi connectivity index (χ2n) is 5.16. The molecular formula is C13H14F2N2O7S. The normalized spacial score (nSPS) is 18.3. The lowest BCUT2D eigenvalue weighted by Gasteiger charge is -2.26. The maximum absolute atomic E-state index is 12.5. The van der Waals surface area contributed by atoms with Crippen LogP contribution in [-0.2, 0) is 14.6 Å². The third-order valence-corrected chi connectivity index (χ3v) is 5.87. The number of rotatable bonds is 7. The van der Waals surface area contributed by atoms with Crippen LogP contribution in [0, 0.1) is 10.1 Å². The van der Waals surface area contributed by atoms with Gasteiger partial charge in [-0.3, -0.25) is 10.1 Å². The largest absolute Gasteiger partial charge is 0.465 e. The van der Waals surface area contributed by atoms with Crippen LogP contribution in [0.5, 0.6) is 5.75 Å². The zero-order valence-corrected chi connectivity index (χ0v) is 13.7. The molecule has 0 bridgehead atoms. The van der Waals surface area contributed by atoms with Crippen LogP contribution < -0.4 is 10.1 Å². The number of anilines is 1. The summed E-state index contributed by atoms with van der Waals surface area (Å²) in [6.07, 6.45) is 0.375. The van der Waals surface area contributed by atoms with E-state index in [9.17, 15) is 32.1 Å². The molecule has 1 N–H and O–H groups in total. The molecule has 0 amide bonds. The van der Waals surface area contributed by atoms with Crippen molar-refractivity contribution in [2.45, 2.75) is 18.3 Å². The molecule has 0 aromatic heterocycles. The predicted molar refractivity (Wildman–Crippen MR) is 81.7 cm³/mol. The van der Waals surface area contributed by atoms with Crippen molar-refractivity contribution in [3.05, 3.63) is 27.8 Å². The van der Waals surface area contributed by atoms with Gasteiger partial charge in [0.05, 0.1) is 28.6 Å².